The Morgan fingerprint density at radius 3 is 2.90 bits per heavy atom. The Labute approximate surface area is 121 Å². The fraction of sp³-hybridized carbons (Fsp3) is 0.133. The summed E-state index contributed by atoms with van der Waals surface area (Å²) >= 11 is 6.01. The van der Waals surface area contributed by atoms with E-state index < -0.39 is 0 Å². The van der Waals surface area contributed by atoms with Crippen LogP contribution in [0.3, 0.4) is 0 Å². The number of hydrogen-bond donors (Lipinski definition) is 2. The van der Waals surface area contributed by atoms with Gasteiger partial charge in [0.2, 0.25) is 0 Å². The molecule has 0 saturated heterocycles. The van der Waals surface area contributed by atoms with E-state index >= 15 is 0 Å². The van der Waals surface area contributed by atoms with Crippen molar-refractivity contribution in [2.24, 2.45) is 0 Å². The van der Waals surface area contributed by atoms with Gasteiger partial charge in [-0.05, 0) is 30.3 Å². The molecule has 0 spiro atoms. The van der Waals surface area contributed by atoms with Crippen molar-refractivity contribution in [3.63, 3.8) is 0 Å². The SMILES string of the molecule is N#Cc1ccc(NC2COc3cc(O)ccc32)cc1Cl. The lowest BCUT2D eigenvalue weighted by Gasteiger charge is -2.13. The maximum absolute atomic E-state index is 9.42. The van der Waals surface area contributed by atoms with Crippen molar-refractivity contribution in [2.45, 2.75) is 6.04 Å². The van der Waals surface area contributed by atoms with Gasteiger partial charge < -0.3 is 15.2 Å². The number of nitriles is 1. The maximum Gasteiger partial charge on any atom is 0.128 e. The van der Waals surface area contributed by atoms with Gasteiger partial charge in [0, 0.05) is 17.3 Å². The normalized spacial score (nSPS) is 16.1. The molecule has 100 valence electrons. The fourth-order valence-corrected chi connectivity index (χ4v) is 2.44. The van der Waals surface area contributed by atoms with E-state index in [4.69, 9.17) is 21.6 Å². The molecule has 20 heavy (non-hydrogen) atoms. The highest BCUT2D eigenvalue weighted by atomic mass is 35.5. The van der Waals surface area contributed by atoms with E-state index in [1.807, 2.05) is 18.2 Å². The Kier molecular flexibility index (Phi) is 3.13. The first-order valence-electron chi connectivity index (χ1n) is 6.09. The quantitative estimate of drug-likeness (QED) is 0.887. The number of benzene rings is 2. The number of ether oxygens (including phenoxy) is 1. The van der Waals surface area contributed by atoms with Crippen LogP contribution in [0.4, 0.5) is 5.69 Å². The highest BCUT2D eigenvalue weighted by Crippen LogP contribution is 2.37. The summed E-state index contributed by atoms with van der Waals surface area (Å²) in [6.45, 7) is 0.483. The van der Waals surface area contributed by atoms with Crippen molar-refractivity contribution in [2.75, 3.05) is 11.9 Å². The Morgan fingerprint density at radius 2 is 2.15 bits per heavy atom. The summed E-state index contributed by atoms with van der Waals surface area (Å²) in [7, 11) is 0. The number of phenols is 1. The van der Waals surface area contributed by atoms with Gasteiger partial charge in [-0.3, -0.25) is 0 Å². The van der Waals surface area contributed by atoms with Crippen molar-refractivity contribution >= 4 is 17.3 Å². The van der Waals surface area contributed by atoms with Gasteiger partial charge in [-0.25, -0.2) is 0 Å². The van der Waals surface area contributed by atoms with Crippen LogP contribution < -0.4 is 10.1 Å². The smallest absolute Gasteiger partial charge is 0.128 e. The van der Waals surface area contributed by atoms with Crippen molar-refractivity contribution in [1.82, 2.24) is 0 Å². The third-order valence-electron chi connectivity index (χ3n) is 3.21. The molecule has 0 fully saturated rings. The first kappa shape index (κ1) is 12.6. The van der Waals surface area contributed by atoms with Gasteiger partial charge in [0.1, 0.15) is 24.2 Å². The number of halogens is 1. The average Bonchev–Trinajstić information content (AvgIpc) is 2.81. The molecule has 0 saturated carbocycles. The van der Waals surface area contributed by atoms with E-state index in [1.165, 1.54) is 0 Å². The fourth-order valence-electron chi connectivity index (χ4n) is 2.21. The first-order chi connectivity index (χ1) is 9.67. The van der Waals surface area contributed by atoms with Crippen LogP contribution >= 0.6 is 11.6 Å². The molecule has 1 atom stereocenters. The van der Waals surface area contributed by atoms with E-state index in [0.29, 0.717) is 22.9 Å². The lowest BCUT2D eigenvalue weighted by atomic mass is 10.1. The number of aromatic hydroxyl groups is 1. The zero-order valence-electron chi connectivity index (χ0n) is 10.4. The number of nitrogens with one attached hydrogen (secondary N) is 1. The minimum Gasteiger partial charge on any atom is -0.508 e. The summed E-state index contributed by atoms with van der Waals surface area (Å²) in [6, 6.07) is 12.3. The van der Waals surface area contributed by atoms with Gasteiger partial charge in [-0.2, -0.15) is 5.26 Å². The minimum atomic E-state index is -0.00500. The molecule has 2 aromatic carbocycles. The van der Waals surface area contributed by atoms with Crippen LogP contribution in [0.1, 0.15) is 17.2 Å². The van der Waals surface area contributed by atoms with Crippen molar-refractivity contribution < 1.29 is 9.84 Å². The second kappa shape index (κ2) is 4.95. The molecule has 5 heteroatoms. The highest BCUT2D eigenvalue weighted by molar-refractivity contribution is 6.32. The van der Waals surface area contributed by atoms with E-state index in [9.17, 15) is 5.11 Å². The Bertz CT molecular complexity index is 710. The summed E-state index contributed by atoms with van der Waals surface area (Å²) in [5.41, 5.74) is 2.26. The van der Waals surface area contributed by atoms with E-state index in [2.05, 4.69) is 5.32 Å². The molecule has 0 amide bonds. The van der Waals surface area contributed by atoms with E-state index in [0.717, 1.165) is 11.3 Å². The highest BCUT2D eigenvalue weighted by Gasteiger charge is 2.24. The minimum absolute atomic E-state index is 0.00500. The Balaban J connectivity index is 1.84. The molecule has 0 aromatic heterocycles. The predicted octanol–water partition coefficient (Wildman–Crippen LogP) is 3.46. The van der Waals surface area contributed by atoms with Crippen molar-refractivity contribution in [1.29, 1.82) is 5.26 Å². The Hall–Kier alpha value is -2.38. The van der Waals surface area contributed by atoms with Gasteiger partial charge in [0.05, 0.1) is 16.6 Å². The number of nitrogens with zero attached hydrogens (tertiary/aromatic N) is 1. The lowest BCUT2D eigenvalue weighted by Crippen LogP contribution is -2.11. The molecule has 0 bridgehead atoms. The molecule has 2 aromatic rings. The molecule has 1 aliphatic heterocycles. The number of phenolic OH excluding ortho intramolecular Hbond substituents is 1. The molecule has 1 heterocycles. The van der Waals surface area contributed by atoms with Crippen LogP contribution in [-0.2, 0) is 0 Å². The zero-order valence-corrected chi connectivity index (χ0v) is 11.2. The molecule has 0 aliphatic carbocycles. The summed E-state index contributed by atoms with van der Waals surface area (Å²) in [4.78, 5) is 0. The molecule has 2 N–H and O–H groups in total. The third-order valence-corrected chi connectivity index (χ3v) is 3.52. The molecular weight excluding hydrogens is 276 g/mol. The average molecular weight is 287 g/mol. The number of hydrogen-bond acceptors (Lipinski definition) is 4. The van der Waals surface area contributed by atoms with Crippen molar-refractivity contribution in [3.05, 3.63) is 52.5 Å². The number of anilines is 1. The monoisotopic (exact) mass is 286 g/mol. The van der Waals surface area contributed by atoms with Crippen molar-refractivity contribution in [3.8, 4) is 17.6 Å². The lowest BCUT2D eigenvalue weighted by molar-refractivity contribution is 0.338. The second-order valence-corrected chi connectivity index (χ2v) is 4.94. The van der Waals surface area contributed by atoms with Crippen LogP contribution in [-0.4, -0.2) is 11.7 Å². The topological polar surface area (TPSA) is 65.3 Å². The largest absolute Gasteiger partial charge is 0.508 e. The van der Waals surface area contributed by atoms with Gasteiger partial charge in [-0.1, -0.05) is 11.6 Å². The van der Waals surface area contributed by atoms with Gasteiger partial charge in [0.25, 0.3) is 0 Å². The summed E-state index contributed by atoms with van der Waals surface area (Å²) in [6.07, 6.45) is 0. The molecule has 1 unspecified atom stereocenters. The van der Waals surface area contributed by atoms with E-state index in [1.54, 1.807) is 24.3 Å². The van der Waals surface area contributed by atoms with Gasteiger partial charge >= 0.3 is 0 Å². The molecule has 1 aliphatic rings. The van der Waals surface area contributed by atoms with E-state index in [-0.39, 0.29) is 11.8 Å². The van der Waals surface area contributed by atoms with Gasteiger partial charge in [0.15, 0.2) is 0 Å². The maximum atomic E-state index is 9.42. The molecule has 3 rings (SSSR count). The van der Waals surface area contributed by atoms with Crippen LogP contribution in [0.25, 0.3) is 0 Å². The number of rotatable bonds is 2. The predicted molar refractivity (Wildman–Crippen MR) is 76.1 cm³/mol. The summed E-state index contributed by atoms with van der Waals surface area (Å²) < 4.78 is 5.53. The second-order valence-electron chi connectivity index (χ2n) is 4.54. The first-order valence-corrected chi connectivity index (χ1v) is 6.47. The standard InChI is InChI=1S/C15H11ClN2O2/c16-13-5-10(2-1-9(13)7-17)18-14-8-20-15-6-11(19)3-4-12(14)15/h1-6,14,18-19H,8H2. The van der Waals surface area contributed by atoms with Crippen LogP contribution in [0, 0.1) is 11.3 Å². The third kappa shape index (κ3) is 2.24. The van der Waals surface area contributed by atoms with Crippen LogP contribution in [0.5, 0.6) is 11.5 Å². The zero-order chi connectivity index (χ0) is 14.1. The molecular formula is C15H11ClN2O2. The summed E-state index contributed by atoms with van der Waals surface area (Å²) in [5, 5.41) is 22.0. The Morgan fingerprint density at radius 1 is 1.30 bits per heavy atom. The molecule has 0 radical (unpaired) electrons. The van der Waals surface area contributed by atoms with Gasteiger partial charge in [-0.15, -0.1) is 0 Å². The number of fused-ring (bicyclic) bond motifs is 1. The van der Waals surface area contributed by atoms with Crippen LogP contribution in [0.2, 0.25) is 5.02 Å². The summed E-state index contributed by atoms with van der Waals surface area (Å²) in [5.74, 6) is 0.869. The van der Waals surface area contributed by atoms with Crippen LogP contribution in [0.15, 0.2) is 36.4 Å². The molecule has 4 nitrogen and oxygen atoms in total.